The number of carbonyl (C=O) groups is 1. The molecule has 0 radical (unpaired) electrons. The van der Waals surface area contributed by atoms with Crippen LogP contribution in [0, 0.1) is 11.7 Å². The summed E-state index contributed by atoms with van der Waals surface area (Å²) in [6.07, 6.45) is 1.35. The highest BCUT2D eigenvalue weighted by molar-refractivity contribution is 9.11. The van der Waals surface area contributed by atoms with Crippen molar-refractivity contribution >= 4 is 48.9 Å². The van der Waals surface area contributed by atoms with Gasteiger partial charge in [0, 0.05) is 39.3 Å². The minimum Gasteiger partial charge on any atom is -0.366 e. The Morgan fingerprint density at radius 1 is 1.07 bits per heavy atom. The number of sulfonamides is 1. The molecule has 1 aromatic carbocycles. The quantitative estimate of drug-likeness (QED) is 0.625. The van der Waals surface area contributed by atoms with Crippen LogP contribution in [0.2, 0.25) is 0 Å². The second kappa shape index (κ2) is 8.94. The standard InChI is InChI=1S/C20H23BrFN3O3S2/c21-18-7-8-19(29-18)30(27,28)25-9-3-4-15(14-25)20(26)24-12-10-23(11-13-24)17-6-2-1-5-16(17)22/h1-2,5-8,15H,3-4,9-14H2/t15-/m0/s1. The van der Waals surface area contributed by atoms with Gasteiger partial charge in [0.05, 0.1) is 15.4 Å². The molecule has 162 valence electrons. The SMILES string of the molecule is O=C([C@H]1CCCN(S(=O)(=O)c2ccc(Br)s2)C1)N1CCN(c2ccccc2F)CC1. The number of hydrogen-bond donors (Lipinski definition) is 0. The second-order valence-electron chi connectivity index (χ2n) is 7.52. The molecule has 0 aliphatic carbocycles. The highest BCUT2D eigenvalue weighted by Crippen LogP contribution is 2.31. The minimum atomic E-state index is -3.59. The fraction of sp³-hybridized carbons (Fsp3) is 0.450. The molecule has 6 nitrogen and oxygen atoms in total. The molecule has 2 aliphatic heterocycles. The Hall–Kier alpha value is -1.49. The number of halogens is 2. The van der Waals surface area contributed by atoms with E-state index in [9.17, 15) is 17.6 Å². The van der Waals surface area contributed by atoms with E-state index in [0.29, 0.717) is 55.5 Å². The van der Waals surface area contributed by atoms with Crippen molar-refractivity contribution in [3.05, 3.63) is 46.0 Å². The molecule has 2 aliphatic rings. The molecule has 1 atom stereocenters. The molecule has 0 unspecified atom stereocenters. The van der Waals surface area contributed by atoms with Crippen molar-refractivity contribution in [1.82, 2.24) is 9.21 Å². The molecule has 1 aromatic heterocycles. The van der Waals surface area contributed by atoms with Crippen molar-refractivity contribution < 1.29 is 17.6 Å². The van der Waals surface area contributed by atoms with Crippen molar-refractivity contribution in [2.75, 3.05) is 44.2 Å². The summed E-state index contributed by atoms with van der Waals surface area (Å²) in [5.74, 6) is -0.599. The van der Waals surface area contributed by atoms with Gasteiger partial charge < -0.3 is 9.80 Å². The van der Waals surface area contributed by atoms with E-state index in [-0.39, 0.29) is 24.2 Å². The molecule has 2 aromatic rings. The molecule has 10 heteroatoms. The Morgan fingerprint density at radius 3 is 2.47 bits per heavy atom. The maximum atomic E-state index is 14.0. The lowest BCUT2D eigenvalue weighted by molar-refractivity contribution is -0.137. The van der Waals surface area contributed by atoms with E-state index in [4.69, 9.17) is 0 Å². The number of nitrogens with zero attached hydrogens (tertiary/aromatic N) is 3. The maximum absolute atomic E-state index is 14.0. The lowest BCUT2D eigenvalue weighted by Crippen LogP contribution is -2.53. The normalized spacial score (nSPS) is 21.1. The topological polar surface area (TPSA) is 60.9 Å². The van der Waals surface area contributed by atoms with Gasteiger partial charge in [-0.25, -0.2) is 12.8 Å². The summed E-state index contributed by atoms with van der Waals surface area (Å²) in [6.45, 7) is 2.78. The van der Waals surface area contributed by atoms with Crippen molar-refractivity contribution in [2.45, 2.75) is 17.1 Å². The van der Waals surface area contributed by atoms with Crippen LogP contribution >= 0.6 is 27.3 Å². The molecule has 1 amide bonds. The molecule has 30 heavy (non-hydrogen) atoms. The second-order valence-corrected chi connectivity index (χ2v) is 12.2. The third kappa shape index (κ3) is 4.42. The number of hydrogen-bond acceptors (Lipinski definition) is 5. The third-order valence-corrected chi connectivity index (χ3v) is 9.62. The van der Waals surface area contributed by atoms with E-state index >= 15 is 0 Å². The first-order valence-electron chi connectivity index (χ1n) is 9.90. The van der Waals surface area contributed by atoms with Gasteiger partial charge in [0.15, 0.2) is 0 Å². The van der Waals surface area contributed by atoms with Crippen LogP contribution in [-0.4, -0.2) is 62.8 Å². The van der Waals surface area contributed by atoms with Gasteiger partial charge in [0.1, 0.15) is 10.0 Å². The van der Waals surface area contributed by atoms with Crippen molar-refractivity contribution in [1.29, 1.82) is 0 Å². The summed E-state index contributed by atoms with van der Waals surface area (Å²) in [6, 6.07) is 9.97. The fourth-order valence-electron chi connectivity index (χ4n) is 4.06. The van der Waals surface area contributed by atoms with E-state index in [0.717, 1.165) is 3.79 Å². The molecule has 0 spiro atoms. The zero-order chi connectivity index (χ0) is 21.3. The Bertz CT molecular complexity index is 1020. The van der Waals surface area contributed by atoms with Gasteiger partial charge in [-0.1, -0.05) is 12.1 Å². The number of thiophene rings is 1. The predicted molar refractivity (Wildman–Crippen MR) is 119 cm³/mol. The van der Waals surface area contributed by atoms with Crippen molar-refractivity contribution in [2.24, 2.45) is 5.92 Å². The van der Waals surface area contributed by atoms with Crippen LogP contribution in [0.5, 0.6) is 0 Å². The lowest BCUT2D eigenvalue weighted by Gasteiger charge is -2.39. The zero-order valence-corrected chi connectivity index (χ0v) is 19.6. The van der Waals surface area contributed by atoms with Gasteiger partial charge in [0.2, 0.25) is 5.91 Å². The van der Waals surface area contributed by atoms with Crippen LogP contribution in [-0.2, 0) is 14.8 Å². The van der Waals surface area contributed by atoms with Gasteiger partial charge in [-0.05, 0) is 53.0 Å². The lowest BCUT2D eigenvalue weighted by atomic mass is 9.97. The molecular weight excluding hydrogens is 493 g/mol. The summed E-state index contributed by atoms with van der Waals surface area (Å²) in [5, 5.41) is 0. The first-order chi connectivity index (χ1) is 14.4. The number of benzene rings is 1. The highest BCUT2D eigenvalue weighted by atomic mass is 79.9. The third-order valence-electron chi connectivity index (χ3n) is 5.66. The number of para-hydroxylation sites is 1. The Balaban J connectivity index is 1.39. The van der Waals surface area contributed by atoms with E-state index in [1.165, 1.54) is 21.7 Å². The first-order valence-corrected chi connectivity index (χ1v) is 12.9. The molecule has 0 bridgehead atoms. The van der Waals surface area contributed by atoms with Crippen molar-refractivity contribution in [3.63, 3.8) is 0 Å². The van der Waals surface area contributed by atoms with E-state index in [2.05, 4.69) is 15.9 Å². The van der Waals surface area contributed by atoms with Crippen LogP contribution in [0.1, 0.15) is 12.8 Å². The number of rotatable bonds is 4. The zero-order valence-electron chi connectivity index (χ0n) is 16.3. The van der Waals surface area contributed by atoms with Gasteiger partial charge in [-0.2, -0.15) is 4.31 Å². The van der Waals surface area contributed by atoms with E-state index in [1.807, 2.05) is 4.90 Å². The van der Waals surface area contributed by atoms with Crippen LogP contribution in [0.3, 0.4) is 0 Å². The summed E-state index contributed by atoms with van der Waals surface area (Å²) < 4.78 is 42.4. The average molecular weight is 516 g/mol. The number of carbonyl (C=O) groups excluding carboxylic acids is 1. The molecule has 4 rings (SSSR count). The Kier molecular flexibility index (Phi) is 6.47. The van der Waals surface area contributed by atoms with Crippen LogP contribution < -0.4 is 4.90 Å². The smallest absolute Gasteiger partial charge is 0.252 e. The Labute approximate surface area is 188 Å². The number of piperazine rings is 1. The van der Waals surface area contributed by atoms with Gasteiger partial charge >= 0.3 is 0 Å². The molecule has 2 fully saturated rings. The van der Waals surface area contributed by atoms with Crippen LogP contribution in [0.15, 0.2) is 44.4 Å². The summed E-state index contributed by atoms with van der Waals surface area (Å²) in [4.78, 5) is 16.8. The fourth-order valence-corrected chi connectivity index (χ4v) is 7.75. The molecule has 2 saturated heterocycles. The largest absolute Gasteiger partial charge is 0.366 e. The monoisotopic (exact) mass is 515 g/mol. The number of piperidine rings is 1. The van der Waals surface area contributed by atoms with Gasteiger partial charge in [0.25, 0.3) is 10.0 Å². The average Bonchev–Trinajstić information content (AvgIpc) is 3.21. The summed E-state index contributed by atoms with van der Waals surface area (Å²) in [5.41, 5.74) is 0.557. The molecule has 3 heterocycles. The maximum Gasteiger partial charge on any atom is 0.252 e. The van der Waals surface area contributed by atoms with Gasteiger partial charge in [-0.15, -0.1) is 11.3 Å². The molecule has 0 N–H and O–H groups in total. The Morgan fingerprint density at radius 2 is 1.80 bits per heavy atom. The van der Waals surface area contributed by atoms with Gasteiger partial charge in [-0.3, -0.25) is 4.79 Å². The summed E-state index contributed by atoms with van der Waals surface area (Å²) in [7, 11) is -3.59. The molecular formula is C20H23BrFN3O3S2. The van der Waals surface area contributed by atoms with Crippen molar-refractivity contribution in [3.8, 4) is 0 Å². The van der Waals surface area contributed by atoms with Crippen LogP contribution in [0.25, 0.3) is 0 Å². The number of anilines is 1. The predicted octanol–water partition coefficient (Wildman–Crippen LogP) is 3.40. The van der Waals surface area contributed by atoms with E-state index < -0.39 is 10.0 Å². The van der Waals surface area contributed by atoms with Crippen LogP contribution in [0.4, 0.5) is 10.1 Å². The number of amides is 1. The minimum absolute atomic E-state index is 0.00422. The first kappa shape index (κ1) is 21.7. The highest BCUT2D eigenvalue weighted by Gasteiger charge is 2.36. The van der Waals surface area contributed by atoms with E-state index in [1.54, 1.807) is 35.2 Å². The summed E-state index contributed by atoms with van der Waals surface area (Å²) >= 11 is 4.49. The molecule has 0 saturated carbocycles.